The number of H-pyrrole nitrogens is 1. The van der Waals surface area contributed by atoms with Crippen molar-refractivity contribution in [2.45, 2.75) is 39.0 Å². The number of nitrogens with one attached hydrogen (secondary N) is 1. The first-order valence-corrected chi connectivity index (χ1v) is 9.67. The van der Waals surface area contributed by atoms with Gasteiger partial charge in [0.15, 0.2) is 5.69 Å². The molecule has 3 heterocycles. The Bertz CT molecular complexity index is 762. The van der Waals surface area contributed by atoms with Crippen molar-refractivity contribution in [3.8, 4) is 0 Å². The van der Waals surface area contributed by atoms with Crippen LogP contribution in [-0.4, -0.2) is 58.0 Å². The van der Waals surface area contributed by atoms with E-state index < -0.39 is 0 Å². The monoisotopic (exact) mass is 358 g/mol. The second kappa shape index (κ2) is 6.85. The number of hydrogen-bond donors (Lipinski definition) is 1. The molecule has 3 aliphatic rings. The van der Waals surface area contributed by atoms with E-state index in [1.54, 1.807) is 11.8 Å². The van der Waals surface area contributed by atoms with Crippen molar-refractivity contribution in [2.24, 2.45) is 17.8 Å². The van der Waals surface area contributed by atoms with Crippen molar-refractivity contribution in [1.82, 2.24) is 20.0 Å². The molecule has 1 aromatic heterocycles. The molecule has 1 unspecified atom stereocenters. The number of aryl methyl sites for hydroxylation is 1. The van der Waals surface area contributed by atoms with Crippen LogP contribution in [0.3, 0.4) is 0 Å². The van der Waals surface area contributed by atoms with Gasteiger partial charge in [0.1, 0.15) is 0 Å². The van der Waals surface area contributed by atoms with Crippen LogP contribution in [0.2, 0.25) is 0 Å². The second-order valence-electron chi connectivity index (χ2n) is 8.00. The average molecular weight is 358 g/mol. The Kier molecular flexibility index (Phi) is 4.54. The predicted octanol–water partition coefficient (Wildman–Crippen LogP) is 1.19. The van der Waals surface area contributed by atoms with Crippen LogP contribution in [0, 0.1) is 24.7 Å². The lowest BCUT2D eigenvalue weighted by Gasteiger charge is -2.34. The van der Waals surface area contributed by atoms with E-state index >= 15 is 0 Å². The minimum absolute atomic E-state index is 0.0175. The third-order valence-electron chi connectivity index (χ3n) is 6.08. The smallest absolute Gasteiger partial charge is 0.278 e. The Labute approximate surface area is 152 Å². The first-order valence-electron chi connectivity index (χ1n) is 9.67. The zero-order chi connectivity index (χ0) is 18.3. The van der Waals surface area contributed by atoms with Crippen LogP contribution in [-0.2, 0) is 4.79 Å². The van der Waals surface area contributed by atoms with Crippen molar-refractivity contribution in [3.05, 3.63) is 27.7 Å². The highest BCUT2D eigenvalue weighted by molar-refractivity contribution is 5.92. The lowest BCUT2D eigenvalue weighted by molar-refractivity contribution is -0.131. The molecule has 140 valence electrons. The number of hydrogen-bond acceptors (Lipinski definition) is 4. The van der Waals surface area contributed by atoms with Crippen LogP contribution >= 0.6 is 0 Å². The molecule has 0 aromatic carbocycles. The number of rotatable bonds is 3. The zero-order valence-electron chi connectivity index (χ0n) is 15.2. The van der Waals surface area contributed by atoms with E-state index in [0.29, 0.717) is 42.4 Å². The Morgan fingerprint density at radius 1 is 1.04 bits per heavy atom. The number of amides is 2. The minimum Gasteiger partial charge on any atom is -0.342 e. The van der Waals surface area contributed by atoms with Crippen molar-refractivity contribution < 1.29 is 9.59 Å². The number of piperidine rings is 1. The van der Waals surface area contributed by atoms with Gasteiger partial charge >= 0.3 is 0 Å². The van der Waals surface area contributed by atoms with Crippen molar-refractivity contribution in [3.63, 3.8) is 0 Å². The maximum Gasteiger partial charge on any atom is 0.278 e. The van der Waals surface area contributed by atoms with Gasteiger partial charge in [-0.25, -0.2) is 0 Å². The van der Waals surface area contributed by atoms with Crippen LogP contribution in [0.5, 0.6) is 0 Å². The fraction of sp³-hybridized carbons (Fsp3) is 0.684. The maximum absolute atomic E-state index is 12.6. The van der Waals surface area contributed by atoms with Crippen molar-refractivity contribution in [1.29, 1.82) is 0 Å². The summed E-state index contributed by atoms with van der Waals surface area (Å²) < 4.78 is 0. The summed E-state index contributed by atoms with van der Waals surface area (Å²) in [5, 5.41) is 6.64. The summed E-state index contributed by atoms with van der Waals surface area (Å²) in [5.74, 6) is 1.48. The highest BCUT2D eigenvalue weighted by Crippen LogP contribution is 2.36. The summed E-state index contributed by atoms with van der Waals surface area (Å²) in [4.78, 5) is 40.6. The second-order valence-corrected chi connectivity index (χ2v) is 8.00. The van der Waals surface area contributed by atoms with E-state index in [9.17, 15) is 14.4 Å². The van der Waals surface area contributed by atoms with E-state index in [1.165, 1.54) is 6.07 Å². The number of likely N-dealkylation sites (tertiary alicyclic amines) is 2. The van der Waals surface area contributed by atoms with Gasteiger partial charge in [-0.05, 0) is 50.9 Å². The molecule has 4 rings (SSSR count). The molecule has 2 aliphatic heterocycles. The van der Waals surface area contributed by atoms with Crippen LogP contribution in [0.25, 0.3) is 0 Å². The van der Waals surface area contributed by atoms with Crippen LogP contribution < -0.4 is 5.43 Å². The quantitative estimate of drug-likeness (QED) is 0.879. The van der Waals surface area contributed by atoms with Gasteiger partial charge in [0.2, 0.25) is 11.3 Å². The molecule has 3 fully saturated rings. The third-order valence-corrected chi connectivity index (χ3v) is 6.08. The van der Waals surface area contributed by atoms with Gasteiger partial charge in [-0.3, -0.25) is 19.5 Å². The van der Waals surface area contributed by atoms with Gasteiger partial charge in [0, 0.05) is 43.9 Å². The normalized spacial score (nSPS) is 24.1. The van der Waals surface area contributed by atoms with Gasteiger partial charge in [0.25, 0.3) is 5.91 Å². The number of aromatic nitrogens is 2. The summed E-state index contributed by atoms with van der Waals surface area (Å²) in [6, 6.07) is 1.41. The molecule has 0 radical (unpaired) electrons. The number of nitrogens with zero attached hydrogens (tertiary/aromatic N) is 3. The molecule has 2 amide bonds. The first kappa shape index (κ1) is 17.2. The number of carbonyl (C=O) groups excluding carboxylic acids is 2. The molecule has 1 aromatic rings. The Morgan fingerprint density at radius 3 is 2.35 bits per heavy atom. The minimum atomic E-state index is -0.321. The van der Waals surface area contributed by atoms with Crippen LogP contribution in [0.4, 0.5) is 0 Å². The summed E-state index contributed by atoms with van der Waals surface area (Å²) in [7, 11) is 0. The molecule has 1 saturated carbocycles. The standard InChI is InChI=1S/C19H26N4O3/c1-12-10-16(24)17(21-20-12)19(26)22-7-4-13(5-8-22)15-6-9-23(11-15)18(25)14-2-3-14/h10,13-15H,2-9,11H2,1H3,(H,20,24). The lowest BCUT2D eigenvalue weighted by Crippen LogP contribution is -2.42. The molecule has 2 saturated heterocycles. The molecule has 1 N–H and O–H groups in total. The predicted molar refractivity (Wildman–Crippen MR) is 95.6 cm³/mol. The maximum atomic E-state index is 12.6. The molecule has 0 bridgehead atoms. The topological polar surface area (TPSA) is 86.4 Å². The highest BCUT2D eigenvalue weighted by Gasteiger charge is 2.39. The summed E-state index contributed by atoms with van der Waals surface area (Å²) in [6.07, 6.45) is 5.08. The largest absolute Gasteiger partial charge is 0.342 e. The Morgan fingerprint density at radius 2 is 1.69 bits per heavy atom. The van der Waals surface area contributed by atoms with Gasteiger partial charge in [-0.2, -0.15) is 5.10 Å². The number of carbonyl (C=O) groups is 2. The average Bonchev–Trinajstić information content (AvgIpc) is 3.37. The van der Waals surface area contributed by atoms with Gasteiger partial charge in [-0.15, -0.1) is 0 Å². The highest BCUT2D eigenvalue weighted by atomic mass is 16.2. The lowest BCUT2D eigenvalue weighted by atomic mass is 9.83. The third kappa shape index (κ3) is 3.39. The molecule has 7 nitrogen and oxygen atoms in total. The van der Waals surface area contributed by atoms with E-state index in [4.69, 9.17) is 0 Å². The Hall–Kier alpha value is -2.18. The van der Waals surface area contributed by atoms with Gasteiger partial charge < -0.3 is 9.80 Å². The molecular formula is C19H26N4O3. The van der Waals surface area contributed by atoms with E-state index in [0.717, 1.165) is 45.2 Å². The fourth-order valence-electron chi connectivity index (χ4n) is 4.33. The molecule has 1 aliphatic carbocycles. The first-order chi connectivity index (χ1) is 12.5. The van der Waals surface area contributed by atoms with Crippen LogP contribution in [0.15, 0.2) is 10.9 Å². The van der Waals surface area contributed by atoms with Crippen molar-refractivity contribution in [2.75, 3.05) is 26.2 Å². The SMILES string of the molecule is Cc1cc(=O)c(C(=O)N2CCC(C3CCN(C(=O)C4CC4)C3)CC2)n[nH]1. The van der Waals surface area contributed by atoms with Crippen LogP contribution in [0.1, 0.15) is 48.3 Å². The van der Waals surface area contributed by atoms with Gasteiger partial charge in [-0.1, -0.05) is 0 Å². The van der Waals surface area contributed by atoms with Gasteiger partial charge in [0.05, 0.1) is 0 Å². The molecule has 0 spiro atoms. The molecule has 7 heteroatoms. The van der Waals surface area contributed by atoms with E-state index in [2.05, 4.69) is 15.1 Å². The summed E-state index contributed by atoms with van der Waals surface area (Å²) >= 11 is 0. The molecular weight excluding hydrogens is 332 g/mol. The summed E-state index contributed by atoms with van der Waals surface area (Å²) in [5.41, 5.74) is 0.311. The van der Waals surface area contributed by atoms with E-state index in [1.807, 2.05) is 0 Å². The fourth-order valence-corrected chi connectivity index (χ4v) is 4.33. The van der Waals surface area contributed by atoms with Crippen molar-refractivity contribution >= 4 is 11.8 Å². The van der Waals surface area contributed by atoms with E-state index in [-0.39, 0.29) is 17.0 Å². The summed E-state index contributed by atoms with van der Waals surface area (Å²) in [6.45, 7) is 4.83. The molecule has 1 atom stereocenters. The number of aromatic amines is 1. The zero-order valence-corrected chi connectivity index (χ0v) is 15.2. The Balaban J connectivity index is 1.32. The molecule has 26 heavy (non-hydrogen) atoms.